The average molecular weight is 244 g/mol. The summed E-state index contributed by atoms with van der Waals surface area (Å²) in [4.78, 5) is 0. The third kappa shape index (κ3) is 3.24. The van der Waals surface area contributed by atoms with Crippen molar-refractivity contribution in [3.05, 3.63) is 29.8 Å². The van der Waals surface area contributed by atoms with Crippen LogP contribution in [0.15, 0.2) is 24.3 Å². The Bertz CT molecular complexity index is 425. The molecule has 1 aliphatic rings. The zero-order valence-electron chi connectivity index (χ0n) is 10.9. The van der Waals surface area contributed by atoms with E-state index in [0.29, 0.717) is 6.04 Å². The van der Waals surface area contributed by atoms with E-state index in [0.717, 1.165) is 31.6 Å². The normalized spacial score (nSPS) is 22.7. The maximum atomic E-state index is 9.01. The summed E-state index contributed by atoms with van der Waals surface area (Å²) in [5.41, 5.74) is 1.27. The van der Waals surface area contributed by atoms with Crippen LogP contribution in [0.2, 0.25) is 0 Å². The molecule has 96 valence electrons. The number of methoxy groups -OCH3 is 1. The molecule has 1 N–H and O–H groups in total. The zero-order chi connectivity index (χ0) is 12.8. The third-order valence-electron chi connectivity index (χ3n) is 3.64. The van der Waals surface area contributed by atoms with E-state index < -0.39 is 0 Å². The van der Waals surface area contributed by atoms with Crippen LogP contribution in [-0.2, 0) is 6.42 Å². The van der Waals surface area contributed by atoms with Crippen molar-refractivity contribution in [1.29, 1.82) is 5.26 Å². The molecular formula is C15H20N2O. The zero-order valence-corrected chi connectivity index (χ0v) is 10.9. The quantitative estimate of drug-likeness (QED) is 0.865. The predicted molar refractivity (Wildman–Crippen MR) is 71.4 cm³/mol. The predicted octanol–water partition coefficient (Wildman–Crippen LogP) is 2.52. The molecule has 1 saturated carbocycles. The second-order valence-corrected chi connectivity index (χ2v) is 4.83. The monoisotopic (exact) mass is 244 g/mol. The highest BCUT2D eigenvalue weighted by atomic mass is 16.5. The molecule has 0 aromatic heterocycles. The minimum absolute atomic E-state index is 0.204. The molecule has 18 heavy (non-hydrogen) atoms. The number of hydrogen-bond donors (Lipinski definition) is 1. The van der Waals surface area contributed by atoms with E-state index in [1.54, 1.807) is 7.11 Å². The standard InChI is InChI=1S/C15H20N2O/c1-18-14-6-2-4-12(10-14)8-9-17-15-7-3-5-13(15)11-16/h2,4,6,10,13,15,17H,3,5,7-9H2,1H3. The average Bonchev–Trinajstić information content (AvgIpc) is 2.86. The van der Waals surface area contributed by atoms with Crippen LogP contribution in [0.5, 0.6) is 5.75 Å². The molecule has 0 amide bonds. The minimum atomic E-state index is 0.204. The van der Waals surface area contributed by atoms with Gasteiger partial charge < -0.3 is 10.1 Å². The van der Waals surface area contributed by atoms with Crippen molar-refractivity contribution in [3.63, 3.8) is 0 Å². The maximum absolute atomic E-state index is 9.01. The van der Waals surface area contributed by atoms with Crippen molar-refractivity contribution in [3.8, 4) is 11.8 Å². The van der Waals surface area contributed by atoms with Crippen LogP contribution in [0.1, 0.15) is 24.8 Å². The summed E-state index contributed by atoms with van der Waals surface area (Å²) >= 11 is 0. The van der Waals surface area contributed by atoms with Gasteiger partial charge in [0.05, 0.1) is 19.1 Å². The molecule has 0 bridgehead atoms. The minimum Gasteiger partial charge on any atom is -0.497 e. The summed E-state index contributed by atoms with van der Waals surface area (Å²) in [5, 5.41) is 12.5. The van der Waals surface area contributed by atoms with E-state index in [4.69, 9.17) is 10.00 Å². The molecule has 0 spiro atoms. The topological polar surface area (TPSA) is 45.0 Å². The summed E-state index contributed by atoms with van der Waals surface area (Å²) in [6.45, 7) is 0.927. The third-order valence-corrected chi connectivity index (χ3v) is 3.64. The lowest BCUT2D eigenvalue weighted by atomic mass is 10.1. The molecule has 0 aliphatic heterocycles. The first-order chi connectivity index (χ1) is 8.83. The van der Waals surface area contributed by atoms with Crippen molar-refractivity contribution in [1.82, 2.24) is 5.32 Å². The van der Waals surface area contributed by atoms with Crippen LogP contribution < -0.4 is 10.1 Å². The van der Waals surface area contributed by atoms with Gasteiger partial charge in [0.15, 0.2) is 0 Å². The van der Waals surface area contributed by atoms with Crippen LogP contribution in [-0.4, -0.2) is 19.7 Å². The second kappa shape index (κ2) is 6.42. The Morgan fingerprint density at radius 2 is 2.33 bits per heavy atom. The smallest absolute Gasteiger partial charge is 0.119 e. The van der Waals surface area contributed by atoms with Gasteiger partial charge in [-0.25, -0.2) is 0 Å². The first kappa shape index (κ1) is 12.9. The van der Waals surface area contributed by atoms with Crippen molar-refractivity contribution in [2.45, 2.75) is 31.7 Å². The number of nitrogens with zero attached hydrogens (tertiary/aromatic N) is 1. The van der Waals surface area contributed by atoms with Crippen LogP contribution in [0.3, 0.4) is 0 Å². The van der Waals surface area contributed by atoms with Gasteiger partial charge in [0.2, 0.25) is 0 Å². The Kier molecular flexibility index (Phi) is 4.60. The van der Waals surface area contributed by atoms with Gasteiger partial charge in [-0.1, -0.05) is 18.6 Å². The van der Waals surface area contributed by atoms with E-state index in [-0.39, 0.29) is 5.92 Å². The highest BCUT2D eigenvalue weighted by Crippen LogP contribution is 2.24. The van der Waals surface area contributed by atoms with Crippen molar-refractivity contribution < 1.29 is 4.74 Å². The molecule has 3 heteroatoms. The fraction of sp³-hybridized carbons (Fsp3) is 0.533. The lowest BCUT2D eigenvalue weighted by Crippen LogP contribution is -2.33. The van der Waals surface area contributed by atoms with Crippen LogP contribution >= 0.6 is 0 Å². The lowest BCUT2D eigenvalue weighted by Gasteiger charge is -2.15. The molecule has 0 saturated heterocycles. The van der Waals surface area contributed by atoms with Crippen molar-refractivity contribution in [2.75, 3.05) is 13.7 Å². The largest absolute Gasteiger partial charge is 0.497 e. The molecular weight excluding hydrogens is 224 g/mol. The Hall–Kier alpha value is -1.53. The summed E-state index contributed by atoms with van der Waals surface area (Å²) in [7, 11) is 1.69. The van der Waals surface area contributed by atoms with Gasteiger partial charge in [-0.05, 0) is 43.5 Å². The molecule has 0 heterocycles. The van der Waals surface area contributed by atoms with Crippen molar-refractivity contribution in [2.24, 2.45) is 5.92 Å². The molecule has 2 unspecified atom stereocenters. The Morgan fingerprint density at radius 1 is 1.44 bits per heavy atom. The highest BCUT2D eigenvalue weighted by Gasteiger charge is 2.26. The first-order valence-electron chi connectivity index (χ1n) is 6.59. The fourth-order valence-electron chi connectivity index (χ4n) is 2.59. The van der Waals surface area contributed by atoms with Crippen LogP contribution in [0, 0.1) is 17.2 Å². The SMILES string of the molecule is COc1cccc(CCNC2CCCC2C#N)c1. The molecule has 1 aromatic carbocycles. The molecule has 1 aromatic rings. The Labute approximate surface area is 109 Å². The van der Waals surface area contributed by atoms with Gasteiger partial charge in [0.1, 0.15) is 5.75 Å². The Morgan fingerprint density at radius 3 is 3.11 bits per heavy atom. The summed E-state index contributed by atoms with van der Waals surface area (Å²) in [6.07, 6.45) is 4.34. The van der Waals surface area contributed by atoms with Crippen LogP contribution in [0.4, 0.5) is 0 Å². The van der Waals surface area contributed by atoms with Gasteiger partial charge in [0, 0.05) is 6.04 Å². The summed E-state index contributed by atoms with van der Waals surface area (Å²) in [5.74, 6) is 1.11. The van der Waals surface area contributed by atoms with E-state index in [1.807, 2.05) is 12.1 Å². The van der Waals surface area contributed by atoms with Gasteiger partial charge in [-0.15, -0.1) is 0 Å². The number of rotatable bonds is 5. The second-order valence-electron chi connectivity index (χ2n) is 4.83. The van der Waals surface area contributed by atoms with E-state index in [1.165, 1.54) is 12.0 Å². The van der Waals surface area contributed by atoms with Gasteiger partial charge >= 0.3 is 0 Å². The molecule has 1 aliphatic carbocycles. The highest BCUT2D eigenvalue weighted by molar-refractivity contribution is 5.28. The van der Waals surface area contributed by atoms with E-state index in [2.05, 4.69) is 23.5 Å². The Balaban J connectivity index is 1.79. The summed E-state index contributed by atoms with van der Waals surface area (Å²) in [6, 6.07) is 10.9. The number of ether oxygens (including phenoxy) is 1. The van der Waals surface area contributed by atoms with Crippen LogP contribution in [0.25, 0.3) is 0 Å². The van der Waals surface area contributed by atoms with E-state index >= 15 is 0 Å². The lowest BCUT2D eigenvalue weighted by molar-refractivity contribution is 0.414. The van der Waals surface area contributed by atoms with Crippen molar-refractivity contribution >= 4 is 0 Å². The molecule has 2 rings (SSSR count). The number of hydrogen-bond acceptors (Lipinski definition) is 3. The molecule has 0 radical (unpaired) electrons. The molecule has 1 fully saturated rings. The fourth-order valence-corrected chi connectivity index (χ4v) is 2.59. The first-order valence-corrected chi connectivity index (χ1v) is 6.59. The summed E-state index contributed by atoms with van der Waals surface area (Å²) < 4.78 is 5.21. The number of nitriles is 1. The number of benzene rings is 1. The van der Waals surface area contributed by atoms with Gasteiger partial charge in [-0.2, -0.15) is 5.26 Å². The maximum Gasteiger partial charge on any atom is 0.119 e. The number of nitrogens with one attached hydrogen (secondary N) is 1. The van der Waals surface area contributed by atoms with Gasteiger partial charge in [-0.3, -0.25) is 0 Å². The van der Waals surface area contributed by atoms with Gasteiger partial charge in [0.25, 0.3) is 0 Å². The van der Waals surface area contributed by atoms with E-state index in [9.17, 15) is 0 Å². The molecule has 2 atom stereocenters. The molecule has 3 nitrogen and oxygen atoms in total.